The number of halogens is 5. The first-order chi connectivity index (χ1) is 18.5. The summed E-state index contributed by atoms with van der Waals surface area (Å²) in [6.07, 6.45) is -1.15. The van der Waals surface area contributed by atoms with Crippen molar-refractivity contribution in [3.8, 4) is 0 Å². The van der Waals surface area contributed by atoms with Crippen LogP contribution < -0.4 is 5.32 Å². The molecule has 0 aromatic heterocycles. The zero-order valence-corrected chi connectivity index (χ0v) is 21.1. The molecule has 0 bridgehead atoms. The van der Waals surface area contributed by atoms with Gasteiger partial charge in [-0.15, -0.1) is 0 Å². The molecule has 3 fully saturated rings. The van der Waals surface area contributed by atoms with Crippen molar-refractivity contribution in [2.24, 2.45) is 5.92 Å². The van der Waals surface area contributed by atoms with Crippen molar-refractivity contribution in [1.82, 2.24) is 10.2 Å². The van der Waals surface area contributed by atoms with Gasteiger partial charge in [-0.25, -0.2) is 13.6 Å². The van der Waals surface area contributed by atoms with Crippen LogP contribution in [0.1, 0.15) is 65.1 Å². The first-order valence-electron chi connectivity index (χ1n) is 13.0. The van der Waals surface area contributed by atoms with Gasteiger partial charge in [-0.1, -0.05) is 6.07 Å². The highest BCUT2D eigenvalue weighted by Gasteiger charge is 2.54. The Labute approximate surface area is 222 Å². The number of aromatic carboxylic acids is 1. The van der Waals surface area contributed by atoms with E-state index < -0.39 is 40.9 Å². The van der Waals surface area contributed by atoms with E-state index in [0.29, 0.717) is 32.1 Å². The van der Waals surface area contributed by atoms with Gasteiger partial charge in [0.15, 0.2) is 0 Å². The molecule has 5 rings (SSSR count). The van der Waals surface area contributed by atoms with Crippen molar-refractivity contribution >= 4 is 11.9 Å². The number of hydrogen-bond donors (Lipinski definition) is 2. The van der Waals surface area contributed by atoms with Crippen molar-refractivity contribution < 1.29 is 41.4 Å². The summed E-state index contributed by atoms with van der Waals surface area (Å²) in [6.45, 7) is 1.47. The van der Waals surface area contributed by atoms with Crippen molar-refractivity contribution in [3.63, 3.8) is 0 Å². The zero-order valence-electron chi connectivity index (χ0n) is 21.1. The molecule has 6 nitrogen and oxygen atoms in total. The number of rotatable bonds is 7. The van der Waals surface area contributed by atoms with Gasteiger partial charge < -0.3 is 15.2 Å². The quantitative estimate of drug-likeness (QED) is 0.467. The van der Waals surface area contributed by atoms with Crippen LogP contribution in [0.4, 0.5) is 22.0 Å². The molecule has 210 valence electrons. The van der Waals surface area contributed by atoms with E-state index in [1.165, 1.54) is 12.1 Å². The Hall–Kier alpha value is -3.05. The number of amides is 1. The molecule has 2 aromatic rings. The maximum absolute atomic E-state index is 13.8. The lowest BCUT2D eigenvalue weighted by Crippen LogP contribution is -2.56. The van der Waals surface area contributed by atoms with Crippen LogP contribution in [0.3, 0.4) is 0 Å². The maximum atomic E-state index is 13.8. The van der Waals surface area contributed by atoms with Crippen LogP contribution in [0, 0.1) is 17.6 Å². The fraction of sp³-hybridized carbons (Fsp3) is 0.500. The number of carbonyl (C=O) groups excluding carboxylic acids is 1. The first kappa shape index (κ1) is 27.5. The molecule has 1 saturated carbocycles. The maximum Gasteiger partial charge on any atom is 0.416 e. The van der Waals surface area contributed by atoms with Crippen molar-refractivity contribution in [2.45, 2.75) is 62.4 Å². The zero-order chi connectivity index (χ0) is 27.9. The number of nitrogens with zero attached hydrogens (tertiary/aromatic N) is 1. The highest BCUT2D eigenvalue weighted by molar-refractivity contribution is 5.88. The first-order valence-corrected chi connectivity index (χ1v) is 13.0. The molecule has 1 unspecified atom stereocenters. The van der Waals surface area contributed by atoms with E-state index in [1.54, 1.807) is 6.07 Å². The molecule has 0 spiro atoms. The molecule has 39 heavy (non-hydrogen) atoms. The minimum Gasteiger partial charge on any atom is -0.478 e. The number of benzene rings is 2. The topological polar surface area (TPSA) is 78.9 Å². The Kier molecular flexibility index (Phi) is 7.41. The molecule has 2 heterocycles. The predicted octanol–water partition coefficient (Wildman–Crippen LogP) is 5.12. The lowest BCUT2D eigenvalue weighted by atomic mass is 9.86. The van der Waals surface area contributed by atoms with Gasteiger partial charge in [0, 0.05) is 19.1 Å². The fourth-order valence-electron chi connectivity index (χ4n) is 5.91. The van der Waals surface area contributed by atoms with Gasteiger partial charge in [-0.3, -0.25) is 9.69 Å². The summed E-state index contributed by atoms with van der Waals surface area (Å²) in [6, 6.07) is 6.46. The minimum absolute atomic E-state index is 0.0188. The minimum atomic E-state index is -4.69. The summed E-state index contributed by atoms with van der Waals surface area (Å²) in [5, 5.41) is 11.9. The number of hydrogen-bond acceptors (Lipinski definition) is 4. The second-order valence-corrected chi connectivity index (χ2v) is 10.7. The van der Waals surface area contributed by atoms with Crippen LogP contribution in [0.25, 0.3) is 0 Å². The number of carbonyl (C=O) groups is 2. The van der Waals surface area contributed by atoms with E-state index >= 15 is 0 Å². The summed E-state index contributed by atoms with van der Waals surface area (Å²) in [5.74, 6) is -3.42. The van der Waals surface area contributed by atoms with Gasteiger partial charge in [0.05, 0.1) is 17.7 Å². The van der Waals surface area contributed by atoms with E-state index in [1.807, 2.05) is 0 Å². The normalized spacial score (nSPS) is 26.0. The fourth-order valence-corrected chi connectivity index (χ4v) is 5.91. The molecular formula is C28H29F5N2O4. The Balaban J connectivity index is 1.20. The lowest BCUT2D eigenvalue weighted by Gasteiger charge is -2.42. The summed E-state index contributed by atoms with van der Waals surface area (Å²) >= 11 is 0. The molecule has 2 aromatic carbocycles. The van der Waals surface area contributed by atoms with Crippen LogP contribution in [0.2, 0.25) is 0 Å². The molecule has 11 heteroatoms. The average molecular weight is 553 g/mol. The second-order valence-electron chi connectivity index (χ2n) is 10.7. The Bertz CT molecular complexity index is 1250. The van der Waals surface area contributed by atoms with Crippen LogP contribution in [0.5, 0.6) is 0 Å². The third-order valence-electron chi connectivity index (χ3n) is 8.17. The van der Waals surface area contributed by atoms with Crippen molar-refractivity contribution in [3.05, 3.63) is 70.3 Å². The summed E-state index contributed by atoms with van der Waals surface area (Å²) in [4.78, 5) is 26.8. The number of ether oxygens (including phenoxy) is 1. The highest BCUT2D eigenvalue weighted by Crippen LogP contribution is 2.47. The smallest absolute Gasteiger partial charge is 0.416 e. The number of carboxylic acid groups (broad SMARTS) is 1. The molecule has 2 aliphatic heterocycles. The molecule has 0 radical (unpaired) electrons. The van der Waals surface area contributed by atoms with Crippen LogP contribution in [-0.4, -0.2) is 53.2 Å². The van der Waals surface area contributed by atoms with Crippen molar-refractivity contribution in [1.29, 1.82) is 0 Å². The van der Waals surface area contributed by atoms with Crippen molar-refractivity contribution in [2.75, 3.05) is 19.7 Å². The lowest BCUT2D eigenvalue weighted by molar-refractivity contribution is -0.164. The van der Waals surface area contributed by atoms with Gasteiger partial charge in [0.1, 0.15) is 17.2 Å². The van der Waals surface area contributed by atoms with E-state index in [0.717, 1.165) is 43.5 Å². The molecule has 2 saturated heterocycles. The van der Waals surface area contributed by atoms with E-state index in [-0.39, 0.29) is 35.5 Å². The number of alkyl halides is 3. The molecule has 3 aliphatic rings. The van der Waals surface area contributed by atoms with Gasteiger partial charge in [0.2, 0.25) is 0 Å². The molecular weight excluding hydrogens is 523 g/mol. The molecule has 1 amide bonds. The Morgan fingerprint density at radius 2 is 1.85 bits per heavy atom. The van der Waals surface area contributed by atoms with E-state index in [2.05, 4.69) is 10.2 Å². The standard InChI is InChI=1S/C28H29F5N2O4/c29-21-10-16(9-20(12-21)28(31,32)33)13-34-26(38)27(19-2-3-19)7-5-22(15-39-27)35-8-6-18(14-35)17-1-4-24(30)23(11-17)25(36)37/h1,4,9-12,18-19,22H,2-3,5-8,13-15H2,(H,34,38)(H,36,37)/t18?,22-,27+/m1/s1. The van der Waals surface area contributed by atoms with Crippen LogP contribution >= 0.6 is 0 Å². The SMILES string of the molecule is O=C(O)c1cc(C2CCN([C@@H]3CC[C@@](C(=O)NCc4cc(F)cc(C(F)(F)F)c4)(C4CC4)OC3)C2)ccc1F. The summed E-state index contributed by atoms with van der Waals surface area (Å²) in [5.41, 5.74) is -1.73. The summed E-state index contributed by atoms with van der Waals surface area (Å²) < 4.78 is 73.0. The average Bonchev–Trinajstić information content (AvgIpc) is 3.64. The van der Waals surface area contributed by atoms with E-state index in [9.17, 15) is 36.6 Å². The van der Waals surface area contributed by atoms with Gasteiger partial charge in [-0.05, 0) is 91.9 Å². The Morgan fingerprint density at radius 1 is 1.08 bits per heavy atom. The molecule has 3 atom stereocenters. The predicted molar refractivity (Wildman–Crippen MR) is 130 cm³/mol. The third-order valence-corrected chi connectivity index (χ3v) is 8.17. The van der Waals surface area contributed by atoms with E-state index in [4.69, 9.17) is 4.74 Å². The second kappa shape index (κ2) is 10.5. The van der Waals surface area contributed by atoms with Gasteiger partial charge >= 0.3 is 12.1 Å². The number of likely N-dealkylation sites (tertiary alicyclic amines) is 1. The monoisotopic (exact) mass is 552 g/mol. The van der Waals surface area contributed by atoms with Gasteiger partial charge in [-0.2, -0.15) is 13.2 Å². The van der Waals surface area contributed by atoms with Gasteiger partial charge in [0.25, 0.3) is 5.91 Å². The molecule has 1 aliphatic carbocycles. The third kappa shape index (κ3) is 5.79. The van der Waals surface area contributed by atoms with Crippen LogP contribution in [-0.2, 0) is 22.3 Å². The highest BCUT2D eigenvalue weighted by atomic mass is 19.4. The largest absolute Gasteiger partial charge is 0.478 e. The number of carboxylic acids is 1. The summed E-state index contributed by atoms with van der Waals surface area (Å²) in [7, 11) is 0. The van der Waals surface area contributed by atoms with Crippen LogP contribution in [0.15, 0.2) is 36.4 Å². The Morgan fingerprint density at radius 3 is 2.49 bits per heavy atom. The molecule has 2 N–H and O–H groups in total. The number of nitrogens with one attached hydrogen (secondary N) is 1.